The molecule has 2 aromatic carbocycles. The van der Waals surface area contributed by atoms with Gasteiger partial charge in [0.1, 0.15) is 18.2 Å². The van der Waals surface area contributed by atoms with Crippen molar-refractivity contribution < 1.29 is 14.2 Å². The molecule has 2 rings (SSSR count). The number of hydrogen-bond donors (Lipinski definition) is 1. The molecule has 0 aliphatic carbocycles. The smallest absolute Gasteiger partial charge is 0.143 e. The fourth-order valence-corrected chi connectivity index (χ4v) is 2.28. The van der Waals surface area contributed by atoms with E-state index in [0.29, 0.717) is 26.4 Å². The fourth-order valence-electron chi connectivity index (χ4n) is 1.65. The van der Waals surface area contributed by atoms with Gasteiger partial charge in [-0.2, -0.15) is 0 Å². The van der Waals surface area contributed by atoms with Crippen molar-refractivity contribution in [2.24, 2.45) is 0 Å². The highest BCUT2D eigenvalue weighted by atomic mass is 79.9. The highest BCUT2D eigenvalue weighted by molar-refractivity contribution is 9.10. The van der Waals surface area contributed by atoms with Gasteiger partial charge in [0.15, 0.2) is 0 Å². The number of aliphatic hydroxyl groups excluding tert-OH is 1. The van der Waals surface area contributed by atoms with Crippen molar-refractivity contribution >= 4 is 27.5 Å². The van der Waals surface area contributed by atoms with Crippen molar-refractivity contribution in [2.75, 3.05) is 0 Å². The zero-order valence-electron chi connectivity index (χ0n) is 9.87. The van der Waals surface area contributed by atoms with Gasteiger partial charge in [-0.3, -0.25) is 0 Å². The van der Waals surface area contributed by atoms with Gasteiger partial charge in [-0.1, -0.05) is 35.9 Å². The predicted molar refractivity (Wildman–Crippen MR) is 75.8 cm³/mol. The molecule has 5 heteroatoms. The van der Waals surface area contributed by atoms with E-state index in [1.54, 1.807) is 30.3 Å². The number of ether oxygens (including phenoxy) is 1. The summed E-state index contributed by atoms with van der Waals surface area (Å²) in [5.41, 5.74) is 1.27. The summed E-state index contributed by atoms with van der Waals surface area (Å²) in [6.45, 7) is -0.00467. The summed E-state index contributed by atoms with van der Waals surface area (Å²) >= 11 is 9.19. The maximum absolute atomic E-state index is 13.4. The Kier molecular flexibility index (Phi) is 4.80. The average Bonchev–Trinajstić information content (AvgIpc) is 2.41. The van der Waals surface area contributed by atoms with Gasteiger partial charge in [0.2, 0.25) is 0 Å². The molecule has 2 aromatic rings. The van der Waals surface area contributed by atoms with E-state index < -0.39 is 0 Å². The van der Waals surface area contributed by atoms with Crippen LogP contribution in [0.2, 0.25) is 5.02 Å². The molecule has 0 unspecified atom stereocenters. The Morgan fingerprint density at radius 1 is 1.16 bits per heavy atom. The quantitative estimate of drug-likeness (QED) is 0.894. The second kappa shape index (κ2) is 6.37. The van der Waals surface area contributed by atoms with E-state index in [4.69, 9.17) is 16.3 Å². The number of benzene rings is 2. The fraction of sp³-hybridized carbons (Fsp3) is 0.143. The van der Waals surface area contributed by atoms with Crippen LogP contribution in [0.1, 0.15) is 11.1 Å². The monoisotopic (exact) mass is 344 g/mol. The maximum Gasteiger partial charge on any atom is 0.143 e. The lowest BCUT2D eigenvalue weighted by molar-refractivity contribution is 0.258. The predicted octanol–water partition coefficient (Wildman–Crippen LogP) is 4.31. The van der Waals surface area contributed by atoms with Gasteiger partial charge in [0, 0.05) is 11.1 Å². The molecule has 0 aliphatic rings. The molecule has 0 saturated heterocycles. The van der Waals surface area contributed by atoms with Crippen LogP contribution in [0.25, 0.3) is 0 Å². The van der Waals surface area contributed by atoms with Crippen molar-refractivity contribution in [2.45, 2.75) is 13.2 Å². The normalized spacial score (nSPS) is 10.5. The molecule has 100 valence electrons. The van der Waals surface area contributed by atoms with E-state index in [1.165, 1.54) is 6.07 Å². The van der Waals surface area contributed by atoms with Gasteiger partial charge in [-0.15, -0.1) is 0 Å². The second-order valence-corrected chi connectivity index (χ2v) is 5.09. The Labute approximate surface area is 123 Å². The Balaban J connectivity index is 2.21. The molecule has 2 nitrogen and oxygen atoms in total. The van der Waals surface area contributed by atoms with Gasteiger partial charge in [-0.05, 0) is 28.1 Å². The summed E-state index contributed by atoms with van der Waals surface area (Å²) in [6.07, 6.45) is 0. The summed E-state index contributed by atoms with van der Waals surface area (Å²) in [6, 6.07) is 9.86. The third-order valence-corrected chi connectivity index (χ3v) is 3.81. The van der Waals surface area contributed by atoms with E-state index >= 15 is 0 Å². The molecule has 0 aliphatic heterocycles. The molecule has 0 radical (unpaired) electrons. The first-order valence-electron chi connectivity index (χ1n) is 5.57. The van der Waals surface area contributed by atoms with Gasteiger partial charge < -0.3 is 9.84 Å². The number of para-hydroxylation sites is 1. The van der Waals surface area contributed by atoms with Gasteiger partial charge >= 0.3 is 0 Å². The third-order valence-electron chi connectivity index (χ3n) is 2.62. The van der Waals surface area contributed by atoms with Gasteiger partial charge in [0.25, 0.3) is 0 Å². The largest absolute Gasteiger partial charge is 0.487 e. The zero-order valence-corrected chi connectivity index (χ0v) is 12.2. The lowest BCUT2D eigenvalue weighted by Gasteiger charge is -2.12. The van der Waals surface area contributed by atoms with Gasteiger partial charge in [0.05, 0.1) is 16.1 Å². The van der Waals surface area contributed by atoms with Crippen LogP contribution < -0.4 is 4.74 Å². The minimum atomic E-state index is -0.345. The van der Waals surface area contributed by atoms with Crippen LogP contribution in [0.15, 0.2) is 40.9 Å². The van der Waals surface area contributed by atoms with Crippen molar-refractivity contribution in [1.82, 2.24) is 0 Å². The third kappa shape index (κ3) is 3.26. The van der Waals surface area contributed by atoms with Crippen LogP contribution in [0, 0.1) is 5.82 Å². The Morgan fingerprint density at radius 3 is 2.58 bits per heavy atom. The van der Waals surface area contributed by atoms with Crippen molar-refractivity contribution in [3.8, 4) is 5.75 Å². The minimum absolute atomic E-state index is 0.162. The van der Waals surface area contributed by atoms with Crippen LogP contribution in [0.3, 0.4) is 0 Å². The van der Waals surface area contributed by atoms with E-state index in [9.17, 15) is 9.50 Å². The minimum Gasteiger partial charge on any atom is -0.487 e. The number of aliphatic hydroxyl groups is 1. The molecule has 0 spiro atoms. The Morgan fingerprint density at radius 2 is 1.84 bits per heavy atom. The van der Waals surface area contributed by atoms with E-state index in [0.717, 1.165) is 0 Å². The van der Waals surface area contributed by atoms with Crippen LogP contribution in [-0.4, -0.2) is 5.11 Å². The lowest BCUT2D eigenvalue weighted by Crippen LogP contribution is -2.01. The van der Waals surface area contributed by atoms with Crippen LogP contribution in [0.5, 0.6) is 5.75 Å². The zero-order chi connectivity index (χ0) is 13.8. The van der Waals surface area contributed by atoms with Crippen molar-refractivity contribution in [3.63, 3.8) is 0 Å². The molecule has 0 aromatic heterocycles. The number of hydrogen-bond acceptors (Lipinski definition) is 2. The summed E-state index contributed by atoms with van der Waals surface area (Å²) < 4.78 is 19.3. The summed E-state index contributed by atoms with van der Waals surface area (Å²) in [4.78, 5) is 0. The lowest BCUT2D eigenvalue weighted by atomic mass is 10.2. The molecule has 0 amide bonds. The molecule has 19 heavy (non-hydrogen) atoms. The first kappa shape index (κ1) is 14.3. The number of halogens is 3. The molecule has 0 heterocycles. The summed E-state index contributed by atoms with van der Waals surface area (Å²) in [5, 5.41) is 9.65. The highest BCUT2D eigenvalue weighted by Gasteiger charge is 2.10. The Hall–Kier alpha value is -1.10. The summed E-state index contributed by atoms with van der Waals surface area (Å²) in [5.74, 6) is 0.0745. The molecule has 0 saturated carbocycles. The average molecular weight is 346 g/mol. The molecule has 0 atom stereocenters. The van der Waals surface area contributed by atoms with E-state index in [1.807, 2.05) is 0 Å². The number of rotatable bonds is 4. The van der Waals surface area contributed by atoms with Crippen LogP contribution in [-0.2, 0) is 13.2 Å². The topological polar surface area (TPSA) is 29.5 Å². The second-order valence-electron chi connectivity index (χ2n) is 3.89. The summed E-state index contributed by atoms with van der Waals surface area (Å²) in [7, 11) is 0. The molecular formula is C14H11BrClFO2. The van der Waals surface area contributed by atoms with Gasteiger partial charge in [-0.25, -0.2) is 4.39 Å². The Bertz CT molecular complexity index is 590. The maximum atomic E-state index is 13.4. The van der Waals surface area contributed by atoms with Crippen molar-refractivity contribution in [1.29, 1.82) is 0 Å². The molecule has 0 bridgehead atoms. The molecular weight excluding hydrogens is 335 g/mol. The molecule has 0 fully saturated rings. The SMILES string of the molecule is OCc1cccc(Cl)c1OCc1cccc(F)c1Br. The van der Waals surface area contributed by atoms with Crippen LogP contribution in [0.4, 0.5) is 4.39 Å². The first-order chi connectivity index (χ1) is 9.13. The van der Waals surface area contributed by atoms with Crippen molar-refractivity contribution in [3.05, 3.63) is 62.8 Å². The van der Waals surface area contributed by atoms with E-state index in [-0.39, 0.29) is 19.0 Å². The van der Waals surface area contributed by atoms with E-state index in [2.05, 4.69) is 15.9 Å². The first-order valence-corrected chi connectivity index (χ1v) is 6.74. The standard InChI is InChI=1S/C14H11BrClFO2/c15-13-10(4-2-6-12(13)17)8-19-14-9(7-18)3-1-5-11(14)16/h1-6,18H,7-8H2. The highest BCUT2D eigenvalue weighted by Crippen LogP contribution is 2.30. The van der Waals surface area contributed by atoms with Crippen LogP contribution >= 0.6 is 27.5 Å². The molecule has 1 N–H and O–H groups in total.